The van der Waals surface area contributed by atoms with Crippen LogP contribution in [0.3, 0.4) is 0 Å². The Morgan fingerprint density at radius 2 is 2.23 bits per heavy atom. The molecule has 0 aliphatic carbocycles. The van der Waals surface area contributed by atoms with Gasteiger partial charge < -0.3 is 14.6 Å². The fraction of sp³-hybridized carbons (Fsp3) is 0.333. The van der Waals surface area contributed by atoms with Gasteiger partial charge in [-0.15, -0.1) is 0 Å². The van der Waals surface area contributed by atoms with Crippen molar-refractivity contribution in [3.63, 3.8) is 0 Å². The van der Waals surface area contributed by atoms with Gasteiger partial charge in [0.25, 0.3) is 0 Å². The predicted molar refractivity (Wildman–Crippen MR) is 57.9 cm³/mol. The Hall–Kier alpha value is -0.490. The van der Waals surface area contributed by atoms with Gasteiger partial charge in [0, 0.05) is 6.61 Å². The van der Waals surface area contributed by atoms with Gasteiger partial charge in [0.1, 0.15) is 11.5 Å². The molecule has 3 nitrogen and oxygen atoms in total. The predicted octanol–water partition coefficient (Wildman–Crippen LogP) is 2.37. The van der Waals surface area contributed by atoms with E-state index in [1.165, 1.54) is 0 Å². The molecule has 1 N–H and O–H groups in total. The van der Waals surface area contributed by atoms with Crippen LogP contribution < -0.4 is 4.74 Å². The number of phenolic OH excluding ortho intramolecular Hbond substituents is 1. The number of phenols is 1. The molecule has 0 saturated carbocycles. The van der Waals surface area contributed by atoms with E-state index in [4.69, 9.17) is 9.47 Å². The minimum atomic E-state index is 0.247. The Bertz CT molecular complexity index is 276. The highest BCUT2D eigenvalue weighted by Crippen LogP contribution is 2.24. The Kier molecular flexibility index (Phi) is 4.31. The molecule has 0 unspecified atom stereocenters. The minimum Gasteiger partial charge on any atom is -0.507 e. The molecular formula is C9H11IO3. The average Bonchev–Trinajstić information content (AvgIpc) is 2.12. The summed E-state index contributed by atoms with van der Waals surface area (Å²) in [6.07, 6.45) is 0. The first-order chi connectivity index (χ1) is 6.24. The second-order valence-electron chi connectivity index (χ2n) is 2.37. The van der Waals surface area contributed by atoms with Crippen LogP contribution in [0.25, 0.3) is 0 Å². The molecule has 0 bridgehead atoms. The lowest BCUT2D eigenvalue weighted by molar-refractivity contribution is 0.0223. The number of ether oxygens (including phenoxy) is 2. The summed E-state index contributed by atoms with van der Waals surface area (Å²) in [4.78, 5) is 0. The number of benzene rings is 1. The molecule has 0 radical (unpaired) electrons. The van der Waals surface area contributed by atoms with Crippen LogP contribution in [-0.4, -0.2) is 18.5 Å². The number of halogens is 1. The van der Waals surface area contributed by atoms with Crippen molar-refractivity contribution in [1.82, 2.24) is 0 Å². The summed E-state index contributed by atoms with van der Waals surface area (Å²) in [6, 6.07) is 5.06. The molecule has 0 saturated heterocycles. The molecule has 0 heterocycles. The fourth-order valence-electron chi connectivity index (χ4n) is 0.770. The SMILES string of the molecule is CCOCOc1ccc(O)c(I)c1. The molecule has 13 heavy (non-hydrogen) atoms. The van der Waals surface area contributed by atoms with Crippen LogP contribution in [0.1, 0.15) is 6.92 Å². The van der Waals surface area contributed by atoms with Gasteiger partial charge in [-0.25, -0.2) is 0 Å². The summed E-state index contributed by atoms with van der Waals surface area (Å²) < 4.78 is 11.0. The summed E-state index contributed by atoms with van der Waals surface area (Å²) in [5.41, 5.74) is 0. The number of hydrogen-bond donors (Lipinski definition) is 1. The van der Waals surface area contributed by atoms with E-state index in [-0.39, 0.29) is 12.5 Å². The molecule has 0 aliphatic rings. The molecule has 0 atom stereocenters. The summed E-state index contributed by atoms with van der Waals surface area (Å²) in [7, 11) is 0. The van der Waals surface area contributed by atoms with Gasteiger partial charge in [-0.1, -0.05) is 0 Å². The van der Waals surface area contributed by atoms with Gasteiger partial charge in [-0.2, -0.15) is 0 Å². The van der Waals surface area contributed by atoms with Gasteiger partial charge in [0.05, 0.1) is 3.57 Å². The molecule has 0 aromatic heterocycles. The first-order valence-electron chi connectivity index (χ1n) is 3.93. The molecule has 72 valence electrons. The van der Waals surface area contributed by atoms with Crippen molar-refractivity contribution in [1.29, 1.82) is 0 Å². The van der Waals surface area contributed by atoms with E-state index in [0.29, 0.717) is 12.4 Å². The van der Waals surface area contributed by atoms with E-state index in [0.717, 1.165) is 3.57 Å². The minimum absolute atomic E-state index is 0.247. The van der Waals surface area contributed by atoms with E-state index in [1.54, 1.807) is 18.2 Å². The maximum atomic E-state index is 9.22. The second-order valence-corrected chi connectivity index (χ2v) is 3.53. The van der Waals surface area contributed by atoms with Crippen LogP contribution in [-0.2, 0) is 4.74 Å². The van der Waals surface area contributed by atoms with Crippen molar-refractivity contribution in [2.75, 3.05) is 13.4 Å². The van der Waals surface area contributed by atoms with E-state index < -0.39 is 0 Å². The van der Waals surface area contributed by atoms with Crippen molar-refractivity contribution < 1.29 is 14.6 Å². The molecule has 0 aliphatic heterocycles. The van der Waals surface area contributed by atoms with Crippen LogP contribution in [0.2, 0.25) is 0 Å². The maximum Gasteiger partial charge on any atom is 0.189 e. The zero-order valence-electron chi connectivity index (χ0n) is 7.29. The highest BCUT2D eigenvalue weighted by Gasteiger charge is 1.99. The second kappa shape index (κ2) is 5.29. The summed E-state index contributed by atoms with van der Waals surface area (Å²) in [5.74, 6) is 0.972. The first kappa shape index (κ1) is 10.6. The summed E-state index contributed by atoms with van der Waals surface area (Å²) >= 11 is 2.04. The van der Waals surface area contributed by atoms with Crippen molar-refractivity contribution in [3.8, 4) is 11.5 Å². The molecule has 0 fully saturated rings. The number of hydrogen-bond acceptors (Lipinski definition) is 3. The molecule has 0 spiro atoms. The highest BCUT2D eigenvalue weighted by atomic mass is 127. The zero-order chi connectivity index (χ0) is 9.68. The van der Waals surface area contributed by atoms with Crippen LogP contribution in [0.4, 0.5) is 0 Å². The summed E-state index contributed by atoms with van der Waals surface area (Å²) in [6.45, 7) is 2.79. The fourth-order valence-corrected chi connectivity index (χ4v) is 1.26. The molecule has 1 rings (SSSR count). The molecule has 0 amide bonds. The highest BCUT2D eigenvalue weighted by molar-refractivity contribution is 14.1. The number of aromatic hydroxyl groups is 1. The molecule has 1 aromatic rings. The van der Waals surface area contributed by atoms with E-state index >= 15 is 0 Å². The smallest absolute Gasteiger partial charge is 0.189 e. The third-order valence-corrected chi connectivity index (χ3v) is 2.30. The van der Waals surface area contributed by atoms with Gasteiger partial charge in [-0.05, 0) is 47.7 Å². The average molecular weight is 294 g/mol. The van der Waals surface area contributed by atoms with E-state index in [9.17, 15) is 5.11 Å². The van der Waals surface area contributed by atoms with Gasteiger partial charge in [0.2, 0.25) is 0 Å². The standard InChI is InChI=1S/C9H11IO3/c1-2-12-6-13-7-3-4-9(11)8(10)5-7/h3-5,11H,2,6H2,1H3. The van der Waals surface area contributed by atoms with Crippen LogP contribution in [0, 0.1) is 3.57 Å². The van der Waals surface area contributed by atoms with E-state index in [2.05, 4.69) is 0 Å². The quantitative estimate of drug-likeness (QED) is 0.526. The lowest BCUT2D eigenvalue weighted by atomic mass is 10.3. The molecule has 4 heteroatoms. The topological polar surface area (TPSA) is 38.7 Å². The molecule has 1 aromatic carbocycles. The third-order valence-electron chi connectivity index (χ3n) is 1.43. The van der Waals surface area contributed by atoms with Crippen LogP contribution in [0.5, 0.6) is 11.5 Å². The van der Waals surface area contributed by atoms with Crippen molar-refractivity contribution in [2.45, 2.75) is 6.92 Å². The Labute approximate surface area is 90.8 Å². The number of rotatable bonds is 4. The largest absolute Gasteiger partial charge is 0.507 e. The van der Waals surface area contributed by atoms with Crippen molar-refractivity contribution >= 4 is 22.6 Å². The third kappa shape index (κ3) is 3.40. The van der Waals surface area contributed by atoms with Crippen molar-refractivity contribution in [3.05, 3.63) is 21.8 Å². The Morgan fingerprint density at radius 1 is 1.46 bits per heavy atom. The maximum absolute atomic E-state index is 9.22. The zero-order valence-corrected chi connectivity index (χ0v) is 9.45. The lowest BCUT2D eigenvalue weighted by Gasteiger charge is -2.06. The van der Waals surface area contributed by atoms with Crippen LogP contribution >= 0.6 is 22.6 Å². The van der Waals surface area contributed by atoms with Gasteiger partial charge in [0.15, 0.2) is 6.79 Å². The van der Waals surface area contributed by atoms with Gasteiger partial charge >= 0.3 is 0 Å². The monoisotopic (exact) mass is 294 g/mol. The first-order valence-corrected chi connectivity index (χ1v) is 5.01. The summed E-state index contributed by atoms with van der Waals surface area (Å²) in [5, 5.41) is 9.22. The van der Waals surface area contributed by atoms with Gasteiger partial charge in [-0.3, -0.25) is 0 Å². The normalized spacial score (nSPS) is 10.0. The lowest BCUT2D eigenvalue weighted by Crippen LogP contribution is -2.01. The Balaban J connectivity index is 2.53. The van der Waals surface area contributed by atoms with Crippen LogP contribution in [0.15, 0.2) is 18.2 Å². The Morgan fingerprint density at radius 3 is 2.85 bits per heavy atom. The van der Waals surface area contributed by atoms with E-state index in [1.807, 2.05) is 29.5 Å². The van der Waals surface area contributed by atoms with Crippen molar-refractivity contribution in [2.24, 2.45) is 0 Å². The molecular weight excluding hydrogens is 283 g/mol.